The number of ether oxygens (including phenoxy) is 1. The molecule has 18 heavy (non-hydrogen) atoms. The third kappa shape index (κ3) is 4.55. The van der Waals surface area contributed by atoms with Crippen molar-refractivity contribution in [2.45, 2.75) is 77.4 Å². The largest absolute Gasteiger partial charge is 0.375 e. The van der Waals surface area contributed by atoms with Gasteiger partial charge in [-0.1, -0.05) is 33.1 Å². The molecule has 2 fully saturated rings. The lowest BCUT2D eigenvalue weighted by Gasteiger charge is -2.39. The second kappa shape index (κ2) is 7.49. The van der Waals surface area contributed by atoms with E-state index in [-0.39, 0.29) is 0 Å². The summed E-state index contributed by atoms with van der Waals surface area (Å²) in [5, 5.41) is 0. The standard InChI is InChI=1S/C16H31NO/c1-3-4-5-6-9-17-10-7-15(8-11-17)18-16-12-14(2)13-16/h14-16H,3-13H2,1-2H3/t14-,16-. The molecule has 2 aliphatic rings. The summed E-state index contributed by atoms with van der Waals surface area (Å²) in [4.78, 5) is 2.64. The molecule has 2 nitrogen and oxygen atoms in total. The van der Waals surface area contributed by atoms with E-state index in [1.165, 1.54) is 71.0 Å². The Morgan fingerprint density at radius 3 is 2.33 bits per heavy atom. The highest BCUT2D eigenvalue weighted by Crippen LogP contribution is 2.31. The van der Waals surface area contributed by atoms with Crippen LogP contribution in [0.4, 0.5) is 0 Å². The van der Waals surface area contributed by atoms with Crippen molar-refractivity contribution in [3.63, 3.8) is 0 Å². The minimum atomic E-state index is 0.564. The lowest BCUT2D eigenvalue weighted by Crippen LogP contribution is -2.41. The zero-order chi connectivity index (χ0) is 12.8. The minimum absolute atomic E-state index is 0.564. The summed E-state index contributed by atoms with van der Waals surface area (Å²) >= 11 is 0. The summed E-state index contributed by atoms with van der Waals surface area (Å²) in [6, 6.07) is 0. The number of likely N-dealkylation sites (tertiary alicyclic amines) is 1. The number of hydrogen-bond donors (Lipinski definition) is 0. The summed E-state index contributed by atoms with van der Waals surface area (Å²) in [5.74, 6) is 0.911. The second-order valence-electron chi connectivity index (χ2n) is 6.44. The van der Waals surface area contributed by atoms with Crippen LogP contribution in [0.5, 0.6) is 0 Å². The lowest BCUT2D eigenvalue weighted by atomic mass is 9.84. The minimum Gasteiger partial charge on any atom is -0.375 e. The van der Waals surface area contributed by atoms with Gasteiger partial charge in [-0.25, -0.2) is 0 Å². The highest BCUT2D eigenvalue weighted by atomic mass is 16.5. The van der Waals surface area contributed by atoms with Gasteiger partial charge in [0.2, 0.25) is 0 Å². The van der Waals surface area contributed by atoms with E-state index in [0.29, 0.717) is 12.2 Å². The van der Waals surface area contributed by atoms with E-state index < -0.39 is 0 Å². The van der Waals surface area contributed by atoms with E-state index in [1.54, 1.807) is 0 Å². The lowest BCUT2D eigenvalue weighted by molar-refractivity contribution is -0.0905. The van der Waals surface area contributed by atoms with Crippen molar-refractivity contribution in [1.29, 1.82) is 0 Å². The Morgan fingerprint density at radius 2 is 1.72 bits per heavy atom. The molecule has 0 spiro atoms. The van der Waals surface area contributed by atoms with Crippen LogP contribution in [-0.4, -0.2) is 36.7 Å². The second-order valence-corrected chi connectivity index (χ2v) is 6.44. The molecule has 1 aliphatic carbocycles. The normalized spacial score (nSPS) is 30.3. The third-order valence-electron chi connectivity index (χ3n) is 4.58. The maximum absolute atomic E-state index is 6.16. The van der Waals surface area contributed by atoms with Crippen LogP contribution in [0.1, 0.15) is 65.2 Å². The molecule has 0 aromatic rings. The van der Waals surface area contributed by atoms with E-state index in [9.17, 15) is 0 Å². The van der Waals surface area contributed by atoms with Gasteiger partial charge in [-0.05, 0) is 44.6 Å². The molecular weight excluding hydrogens is 222 g/mol. The van der Waals surface area contributed by atoms with Crippen molar-refractivity contribution >= 4 is 0 Å². The molecule has 2 rings (SSSR count). The molecule has 0 N–H and O–H groups in total. The average Bonchev–Trinajstić information content (AvgIpc) is 2.35. The van der Waals surface area contributed by atoms with Crippen LogP contribution in [0.25, 0.3) is 0 Å². The smallest absolute Gasteiger partial charge is 0.0603 e. The van der Waals surface area contributed by atoms with Crippen molar-refractivity contribution < 1.29 is 4.74 Å². The van der Waals surface area contributed by atoms with Gasteiger partial charge in [0.1, 0.15) is 0 Å². The average molecular weight is 253 g/mol. The van der Waals surface area contributed by atoms with Crippen LogP contribution in [0, 0.1) is 5.92 Å². The maximum atomic E-state index is 6.16. The zero-order valence-electron chi connectivity index (χ0n) is 12.4. The van der Waals surface area contributed by atoms with E-state index in [2.05, 4.69) is 18.7 Å². The van der Waals surface area contributed by atoms with Crippen LogP contribution in [-0.2, 0) is 4.74 Å². The highest BCUT2D eigenvalue weighted by molar-refractivity contribution is 4.80. The number of nitrogens with zero attached hydrogens (tertiary/aromatic N) is 1. The Bertz CT molecular complexity index is 217. The van der Waals surface area contributed by atoms with Crippen LogP contribution in [0.15, 0.2) is 0 Å². The summed E-state index contributed by atoms with van der Waals surface area (Å²) in [6.07, 6.45) is 11.8. The fourth-order valence-electron chi connectivity index (χ4n) is 3.24. The highest BCUT2D eigenvalue weighted by Gasteiger charge is 2.29. The summed E-state index contributed by atoms with van der Waals surface area (Å²) in [7, 11) is 0. The van der Waals surface area contributed by atoms with Crippen LogP contribution in [0.2, 0.25) is 0 Å². The predicted molar refractivity (Wildman–Crippen MR) is 76.9 cm³/mol. The molecule has 0 aromatic carbocycles. The maximum Gasteiger partial charge on any atom is 0.0603 e. The van der Waals surface area contributed by atoms with Crippen molar-refractivity contribution in [3.05, 3.63) is 0 Å². The monoisotopic (exact) mass is 253 g/mol. The molecular formula is C16H31NO. The Hall–Kier alpha value is -0.0800. The SMILES string of the molecule is CCCCCCN1CCC(O[C@H]2C[C@H](C)C2)CC1. The Balaban J connectivity index is 1.51. The van der Waals surface area contributed by atoms with Crippen molar-refractivity contribution in [1.82, 2.24) is 4.90 Å². The van der Waals surface area contributed by atoms with Crippen molar-refractivity contribution in [2.75, 3.05) is 19.6 Å². The van der Waals surface area contributed by atoms with Gasteiger partial charge in [0.05, 0.1) is 12.2 Å². The third-order valence-corrected chi connectivity index (χ3v) is 4.58. The number of hydrogen-bond acceptors (Lipinski definition) is 2. The Labute approximate surface area is 113 Å². The van der Waals surface area contributed by atoms with Gasteiger partial charge in [0.15, 0.2) is 0 Å². The molecule has 1 heterocycles. The van der Waals surface area contributed by atoms with Gasteiger partial charge in [-0.15, -0.1) is 0 Å². The molecule has 2 heteroatoms. The first-order valence-corrected chi connectivity index (χ1v) is 8.15. The van der Waals surface area contributed by atoms with Crippen LogP contribution in [0.3, 0.4) is 0 Å². The first-order valence-electron chi connectivity index (χ1n) is 8.15. The fourth-order valence-corrected chi connectivity index (χ4v) is 3.24. The van der Waals surface area contributed by atoms with E-state index in [1.807, 2.05) is 0 Å². The topological polar surface area (TPSA) is 12.5 Å². The van der Waals surface area contributed by atoms with Gasteiger partial charge >= 0.3 is 0 Å². The molecule has 1 saturated heterocycles. The molecule has 1 saturated carbocycles. The number of rotatable bonds is 7. The van der Waals surface area contributed by atoms with E-state index in [4.69, 9.17) is 4.74 Å². The molecule has 0 atom stereocenters. The number of piperidine rings is 1. The van der Waals surface area contributed by atoms with Crippen molar-refractivity contribution in [3.8, 4) is 0 Å². The quantitative estimate of drug-likeness (QED) is 0.639. The molecule has 1 aliphatic heterocycles. The Morgan fingerprint density at radius 1 is 1.00 bits per heavy atom. The van der Waals surface area contributed by atoms with Gasteiger partial charge < -0.3 is 9.64 Å². The van der Waals surface area contributed by atoms with Crippen LogP contribution < -0.4 is 0 Å². The van der Waals surface area contributed by atoms with E-state index >= 15 is 0 Å². The van der Waals surface area contributed by atoms with Gasteiger partial charge in [-0.2, -0.15) is 0 Å². The van der Waals surface area contributed by atoms with Crippen molar-refractivity contribution in [2.24, 2.45) is 5.92 Å². The molecule has 0 amide bonds. The molecule has 0 aromatic heterocycles. The van der Waals surface area contributed by atoms with Gasteiger partial charge in [-0.3, -0.25) is 0 Å². The van der Waals surface area contributed by atoms with Gasteiger partial charge in [0, 0.05) is 13.1 Å². The fraction of sp³-hybridized carbons (Fsp3) is 1.00. The Kier molecular flexibility index (Phi) is 5.97. The molecule has 0 bridgehead atoms. The molecule has 0 radical (unpaired) electrons. The summed E-state index contributed by atoms with van der Waals surface area (Å²) in [6.45, 7) is 8.45. The summed E-state index contributed by atoms with van der Waals surface area (Å²) in [5.41, 5.74) is 0. The first-order chi connectivity index (χ1) is 8.78. The zero-order valence-corrected chi connectivity index (χ0v) is 12.4. The summed E-state index contributed by atoms with van der Waals surface area (Å²) < 4.78 is 6.16. The molecule has 0 unspecified atom stereocenters. The predicted octanol–water partition coefficient (Wildman–Crippen LogP) is 3.85. The van der Waals surface area contributed by atoms with Gasteiger partial charge in [0.25, 0.3) is 0 Å². The molecule has 106 valence electrons. The van der Waals surface area contributed by atoms with E-state index in [0.717, 1.165) is 5.92 Å². The number of unbranched alkanes of at least 4 members (excludes halogenated alkanes) is 3. The first kappa shape index (κ1) is 14.3. The van der Waals surface area contributed by atoms with Crippen LogP contribution >= 0.6 is 0 Å².